The predicted molar refractivity (Wildman–Crippen MR) is 101 cm³/mol. The van der Waals surface area contributed by atoms with E-state index >= 15 is 0 Å². The Bertz CT molecular complexity index is 813. The minimum absolute atomic E-state index is 0.00806. The van der Waals surface area contributed by atoms with Gasteiger partial charge in [-0.15, -0.1) is 0 Å². The summed E-state index contributed by atoms with van der Waals surface area (Å²) in [6.07, 6.45) is 6.03. The fourth-order valence-electron chi connectivity index (χ4n) is 6.05. The van der Waals surface area contributed by atoms with E-state index in [0.717, 1.165) is 5.56 Å². The molecule has 1 aromatic heterocycles. The number of hydrogen-bond acceptors (Lipinski definition) is 7. The summed E-state index contributed by atoms with van der Waals surface area (Å²) in [5.41, 5.74) is -0.330. The molecule has 1 aromatic rings. The van der Waals surface area contributed by atoms with E-state index in [1.807, 2.05) is 13.0 Å². The molecule has 1 saturated carbocycles. The van der Waals surface area contributed by atoms with Gasteiger partial charge in [-0.2, -0.15) is 0 Å². The quantitative estimate of drug-likeness (QED) is 0.587. The van der Waals surface area contributed by atoms with Gasteiger partial charge in [0.25, 0.3) is 0 Å². The first-order valence-electron chi connectivity index (χ1n) is 10.2. The molecule has 0 bridgehead atoms. The number of aliphatic hydroxyl groups is 2. The van der Waals surface area contributed by atoms with E-state index < -0.39 is 29.0 Å². The van der Waals surface area contributed by atoms with E-state index in [-0.39, 0.29) is 31.0 Å². The van der Waals surface area contributed by atoms with Crippen molar-refractivity contribution in [2.75, 3.05) is 13.2 Å². The van der Waals surface area contributed by atoms with E-state index in [4.69, 9.17) is 13.9 Å². The number of hydrogen-bond donors (Lipinski definition) is 2. The largest absolute Gasteiger partial charge is 0.472 e. The fraction of sp³-hybridized carbons (Fsp3) is 0.636. The number of allylic oxidation sites excluding steroid dienone is 1. The van der Waals surface area contributed by atoms with Crippen LogP contribution in [0.4, 0.5) is 0 Å². The predicted octanol–water partition coefficient (Wildman–Crippen LogP) is 2.53. The second kappa shape index (κ2) is 7.29. The van der Waals surface area contributed by atoms with Crippen LogP contribution in [0.25, 0.3) is 0 Å². The summed E-state index contributed by atoms with van der Waals surface area (Å²) in [5, 5.41) is 21.7. The normalized spacial score (nSPS) is 39.0. The smallest absolute Gasteiger partial charge is 0.313 e. The maximum absolute atomic E-state index is 13.3. The molecular weight excluding hydrogens is 376 g/mol. The maximum Gasteiger partial charge on any atom is 0.313 e. The van der Waals surface area contributed by atoms with Crippen LogP contribution >= 0.6 is 0 Å². The van der Waals surface area contributed by atoms with Crippen molar-refractivity contribution in [2.45, 2.75) is 51.7 Å². The Morgan fingerprint density at radius 1 is 1.41 bits per heavy atom. The van der Waals surface area contributed by atoms with E-state index in [1.165, 1.54) is 6.92 Å². The van der Waals surface area contributed by atoms with Crippen LogP contribution in [0.1, 0.15) is 51.2 Å². The van der Waals surface area contributed by atoms with Crippen molar-refractivity contribution < 1.29 is 33.7 Å². The Balaban J connectivity index is 1.76. The number of rotatable bonds is 4. The second-order valence-corrected chi connectivity index (χ2v) is 8.69. The summed E-state index contributed by atoms with van der Waals surface area (Å²) >= 11 is 0. The molecular formula is C22H28O7. The van der Waals surface area contributed by atoms with Gasteiger partial charge < -0.3 is 24.1 Å². The molecule has 0 aromatic carbocycles. The van der Waals surface area contributed by atoms with Crippen LogP contribution in [0.2, 0.25) is 0 Å². The first-order chi connectivity index (χ1) is 13.9. The molecule has 7 nitrogen and oxygen atoms in total. The van der Waals surface area contributed by atoms with Crippen molar-refractivity contribution in [1.29, 1.82) is 0 Å². The summed E-state index contributed by atoms with van der Waals surface area (Å²) in [5.74, 6) is -1.12. The Morgan fingerprint density at radius 3 is 2.86 bits per heavy atom. The van der Waals surface area contributed by atoms with Gasteiger partial charge in [0.15, 0.2) is 0 Å². The molecule has 4 rings (SSSR count). The lowest BCUT2D eigenvalue weighted by Crippen LogP contribution is -2.62. The van der Waals surface area contributed by atoms with E-state index in [9.17, 15) is 19.8 Å². The molecule has 2 N–H and O–H groups in total. The highest BCUT2D eigenvalue weighted by atomic mass is 16.6. The summed E-state index contributed by atoms with van der Waals surface area (Å²) < 4.78 is 16.2. The lowest BCUT2D eigenvalue weighted by Gasteiger charge is -2.58. The van der Waals surface area contributed by atoms with Gasteiger partial charge in [0.1, 0.15) is 12.7 Å². The summed E-state index contributed by atoms with van der Waals surface area (Å²) in [6, 6.07) is 1.80. The number of fused-ring (bicyclic) bond motifs is 2. The van der Waals surface area contributed by atoms with E-state index in [2.05, 4.69) is 0 Å². The van der Waals surface area contributed by atoms with Gasteiger partial charge in [0.05, 0.1) is 30.7 Å². The number of aliphatic hydroxyl groups excluding tert-OH is 2. The number of carbonyl (C=O) groups excluding carboxylic acids is 2. The van der Waals surface area contributed by atoms with Crippen molar-refractivity contribution in [1.82, 2.24) is 0 Å². The fourth-order valence-corrected chi connectivity index (χ4v) is 6.05. The van der Waals surface area contributed by atoms with E-state index in [0.29, 0.717) is 31.3 Å². The Labute approximate surface area is 169 Å². The van der Waals surface area contributed by atoms with Gasteiger partial charge in [-0.05, 0) is 42.7 Å². The van der Waals surface area contributed by atoms with Crippen LogP contribution < -0.4 is 0 Å². The zero-order valence-electron chi connectivity index (χ0n) is 16.8. The third kappa shape index (κ3) is 2.86. The summed E-state index contributed by atoms with van der Waals surface area (Å²) in [6.45, 7) is 3.00. The topological polar surface area (TPSA) is 106 Å². The number of carbonyl (C=O) groups is 2. The lowest BCUT2D eigenvalue weighted by molar-refractivity contribution is -0.180. The molecule has 2 aliphatic carbocycles. The molecule has 29 heavy (non-hydrogen) atoms. The highest BCUT2D eigenvalue weighted by Gasteiger charge is 2.68. The molecule has 2 fully saturated rings. The SMILES string of the molecule is CC(=O)OCC1=CCC[C@@H]2[C@@]3(C[C@H](c4ccoc4)OC3=O)[C@H](C)C[C@@H](O)[C@@]12CO. The highest BCUT2D eigenvalue weighted by Crippen LogP contribution is 2.65. The molecule has 0 amide bonds. The number of esters is 2. The minimum atomic E-state index is -1.02. The number of cyclic esters (lactones) is 1. The molecule has 1 spiro atoms. The van der Waals surface area contributed by atoms with Crippen molar-refractivity contribution >= 4 is 11.9 Å². The van der Waals surface area contributed by atoms with Crippen molar-refractivity contribution in [3.63, 3.8) is 0 Å². The molecule has 6 atom stereocenters. The molecule has 7 heteroatoms. The minimum Gasteiger partial charge on any atom is -0.472 e. The van der Waals surface area contributed by atoms with Crippen LogP contribution in [0.3, 0.4) is 0 Å². The molecule has 0 radical (unpaired) electrons. The third-order valence-corrected chi connectivity index (χ3v) is 7.50. The van der Waals surface area contributed by atoms with Crippen molar-refractivity contribution in [3.8, 4) is 0 Å². The molecule has 1 aliphatic heterocycles. The average Bonchev–Trinajstić information content (AvgIpc) is 3.33. The van der Waals surface area contributed by atoms with Crippen LogP contribution in [-0.4, -0.2) is 41.5 Å². The lowest BCUT2D eigenvalue weighted by atomic mass is 9.45. The monoisotopic (exact) mass is 404 g/mol. The van der Waals surface area contributed by atoms with Crippen molar-refractivity contribution in [2.24, 2.45) is 22.7 Å². The molecule has 3 aliphatic rings. The highest BCUT2D eigenvalue weighted by molar-refractivity contribution is 5.81. The second-order valence-electron chi connectivity index (χ2n) is 8.69. The van der Waals surface area contributed by atoms with E-state index in [1.54, 1.807) is 18.6 Å². The van der Waals surface area contributed by atoms with Gasteiger partial charge in [0.2, 0.25) is 0 Å². The number of furan rings is 1. The van der Waals surface area contributed by atoms with Gasteiger partial charge in [-0.25, -0.2) is 0 Å². The Hall–Kier alpha value is -2.12. The van der Waals surface area contributed by atoms with Gasteiger partial charge in [-0.3, -0.25) is 9.59 Å². The zero-order valence-corrected chi connectivity index (χ0v) is 16.8. The Morgan fingerprint density at radius 2 is 2.21 bits per heavy atom. The molecule has 1 saturated heterocycles. The first kappa shape index (κ1) is 20.2. The van der Waals surface area contributed by atoms with Gasteiger partial charge >= 0.3 is 11.9 Å². The Kier molecular flexibility index (Phi) is 5.07. The van der Waals surface area contributed by atoms with Crippen LogP contribution in [-0.2, 0) is 19.1 Å². The zero-order chi connectivity index (χ0) is 20.8. The third-order valence-electron chi connectivity index (χ3n) is 7.50. The average molecular weight is 404 g/mol. The summed E-state index contributed by atoms with van der Waals surface area (Å²) in [4.78, 5) is 24.7. The van der Waals surface area contributed by atoms with Gasteiger partial charge in [0, 0.05) is 24.3 Å². The standard InChI is InChI=1S/C22H28O7/c1-13-8-19(25)22(12-23)16(11-28-14(2)24)4-3-5-18(22)21(13)9-17(29-20(21)26)15-6-7-27-10-15/h4,6-7,10,13,17-19,23,25H,3,5,8-9,11-12H2,1-2H3/t13-,17-,18-,19-,21-,22+/m1/s1. The van der Waals surface area contributed by atoms with Gasteiger partial charge in [-0.1, -0.05) is 13.0 Å². The van der Waals surface area contributed by atoms with Crippen LogP contribution in [0.15, 0.2) is 34.7 Å². The summed E-state index contributed by atoms with van der Waals surface area (Å²) in [7, 11) is 0. The first-order valence-corrected chi connectivity index (χ1v) is 10.2. The molecule has 0 unspecified atom stereocenters. The maximum atomic E-state index is 13.3. The molecule has 158 valence electrons. The number of ether oxygens (including phenoxy) is 2. The molecule has 2 heterocycles. The van der Waals surface area contributed by atoms with Crippen molar-refractivity contribution in [3.05, 3.63) is 35.8 Å². The van der Waals surface area contributed by atoms with Crippen LogP contribution in [0, 0.1) is 22.7 Å². The van der Waals surface area contributed by atoms with Crippen LogP contribution in [0.5, 0.6) is 0 Å².